The lowest BCUT2D eigenvalue weighted by atomic mass is 10.2. The van der Waals surface area contributed by atoms with Crippen LogP contribution in [0.2, 0.25) is 5.02 Å². The van der Waals surface area contributed by atoms with Gasteiger partial charge < -0.3 is 10.1 Å². The van der Waals surface area contributed by atoms with E-state index in [0.717, 1.165) is 16.7 Å². The highest BCUT2D eigenvalue weighted by atomic mass is 35.5. The number of carboxylic acid groups (broad SMARTS) is 1. The Labute approximate surface area is 107 Å². The van der Waals surface area contributed by atoms with Gasteiger partial charge in [-0.05, 0) is 24.6 Å². The van der Waals surface area contributed by atoms with Gasteiger partial charge in [-0.2, -0.15) is 0 Å². The number of nitrogens with zero attached hydrogens (tertiary/aromatic N) is 2. The molecule has 3 rings (SSSR count). The Bertz CT molecular complexity index is 744. The number of aryl methyl sites for hydroxylation is 1. The maximum absolute atomic E-state index is 10.5. The fourth-order valence-electron chi connectivity index (χ4n) is 1.99. The number of imidazole rings is 2. The zero-order valence-electron chi connectivity index (χ0n) is 9.35. The zero-order chi connectivity index (χ0) is 12.7. The van der Waals surface area contributed by atoms with Crippen molar-refractivity contribution in [3.8, 4) is 0 Å². The Morgan fingerprint density at radius 1 is 1.50 bits per heavy atom. The molecule has 0 spiro atoms. The van der Waals surface area contributed by atoms with Gasteiger partial charge >= 0.3 is 5.97 Å². The van der Waals surface area contributed by atoms with Crippen molar-refractivity contribution in [2.75, 3.05) is 0 Å². The molecule has 0 atom stereocenters. The standard InChI is InChI=1S/C12H10ClN3O2/c13-7-1-3-10-9(5-7)15-12-14-8(6-16(10)12)2-4-11(17)18/h1,3,5-6H,2,4H2,(H,14,15)(H,17,18). The van der Waals surface area contributed by atoms with Crippen LogP contribution in [0.3, 0.4) is 0 Å². The van der Waals surface area contributed by atoms with Gasteiger partial charge in [0.05, 0.1) is 17.5 Å². The Kier molecular flexibility index (Phi) is 2.48. The van der Waals surface area contributed by atoms with Crippen molar-refractivity contribution in [3.63, 3.8) is 0 Å². The molecule has 5 nitrogen and oxygen atoms in total. The molecule has 0 unspecified atom stereocenters. The first-order valence-corrected chi connectivity index (χ1v) is 5.88. The van der Waals surface area contributed by atoms with E-state index in [-0.39, 0.29) is 6.42 Å². The summed E-state index contributed by atoms with van der Waals surface area (Å²) >= 11 is 5.90. The average molecular weight is 264 g/mol. The Hall–Kier alpha value is -2.01. The second-order valence-electron chi connectivity index (χ2n) is 4.11. The summed E-state index contributed by atoms with van der Waals surface area (Å²) in [6.07, 6.45) is 2.45. The predicted molar refractivity (Wildman–Crippen MR) is 68.0 cm³/mol. The minimum Gasteiger partial charge on any atom is -0.481 e. The van der Waals surface area contributed by atoms with Crippen LogP contribution in [-0.4, -0.2) is 25.4 Å². The molecule has 0 aliphatic rings. The van der Waals surface area contributed by atoms with Crippen LogP contribution in [0, 0.1) is 0 Å². The number of hydrogen-bond donors (Lipinski definition) is 2. The number of aliphatic carboxylic acids is 1. The molecule has 18 heavy (non-hydrogen) atoms. The first-order valence-electron chi connectivity index (χ1n) is 5.50. The molecule has 0 saturated heterocycles. The highest BCUT2D eigenvalue weighted by molar-refractivity contribution is 6.31. The van der Waals surface area contributed by atoms with E-state index in [1.54, 1.807) is 6.07 Å². The molecule has 0 aliphatic carbocycles. The number of rotatable bonds is 3. The van der Waals surface area contributed by atoms with Gasteiger partial charge in [0.25, 0.3) is 0 Å². The highest BCUT2D eigenvalue weighted by Gasteiger charge is 2.09. The van der Waals surface area contributed by atoms with E-state index in [2.05, 4.69) is 9.97 Å². The molecule has 2 heterocycles. The topological polar surface area (TPSA) is 70.4 Å². The van der Waals surface area contributed by atoms with E-state index in [4.69, 9.17) is 16.7 Å². The monoisotopic (exact) mass is 263 g/mol. The summed E-state index contributed by atoms with van der Waals surface area (Å²) in [7, 11) is 0. The molecule has 1 aromatic carbocycles. The van der Waals surface area contributed by atoms with Gasteiger partial charge in [0.1, 0.15) is 0 Å². The number of H-pyrrole nitrogens is 1. The molecular formula is C12H10ClN3O2. The molecule has 0 saturated carbocycles. The van der Waals surface area contributed by atoms with Crippen LogP contribution in [0.1, 0.15) is 12.1 Å². The lowest BCUT2D eigenvalue weighted by Crippen LogP contribution is -1.97. The van der Waals surface area contributed by atoms with Crippen LogP contribution in [-0.2, 0) is 11.2 Å². The van der Waals surface area contributed by atoms with E-state index in [1.165, 1.54) is 0 Å². The number of nitrogens with one attached hydrogen (secondary N) is 1. The summed E-state index contributed by atoms with van der Waals surface area (Å²) in [5, 5.41) is 9.30. The van der Waals surface area contributed by atoms with Gasteiger partial charge in [0.15, 0.2) is 0 Å². The van der Waals surface area contributed by atoms with Crippen molar-refractivity contribution in [3.05, 3.63) is 35.1 Å². The third-order valence-electron chi connectivity index (χ3n) is 2.82. The van der Waals surface area contributed by atoms with Crippen molar-refractivity contribution in [2.45, 2.75) is 12.8 Å². The summed E-state index contributed by atoms with van der Waals surface area (Å²) in [5.74, 6) is -0.105. The largest absolute Gasteiger partial charge is 0.481 e. The predicted octanol–water partition coefficient (Wildman–Crippen LogP) is 2.49. The van der Waals surface area contributed by atoms with Crippen molar-refractivity contribution in [2.24, 2.45) is 0 Å². The van der Waals surface area contributed by atoms with Crippen molar-refractivity contribution in [1.29, 1.82) is 0 Å². The van der Waals surface area contributed by atoms with Gasteiger partial charge in [-0.25, -0.2) is 4.98 Å². The zero-order valence-corrected chi connectivity index (χ0v) is 10.1. The Morgan fingerprint density at radius 3 is 3.11 bits per heavy atom. The maximum atomic E-state index is 10.5. The quantitative estimate of drug-likeness (QED) is 0.763. The van der Waals surface area contributed by atoms with Crippen LogP contribution in [0.4, 0.5) is 0 Å². The minimum atomic E-state index is -0.807. The molecule has 2 N–H and O–H groups in total. The van der Waals surface area contributed by atoms with Crippen LogP contribution in [0.25, 0.3) is 16.8 Å². The molecule has 0 amide bonds. The number of aromatic amines is 1. The smallest absolute Gasteiger partial charge is 0.303 e. The van der Waals surface area contributed by atoms with E-state index in [9.17, 15) is 4.79 Å². The lowest BCUT2D eigenvalue weighted by Gasteiger charge is -1.93. The molecule has 3 aromatic rings. The van der Waals surface area contributed by atoms with Gasteiger partial charge in [0.2, 0.25) is 5.78 Å². The van der Waals surface area contributed by atoms with E-state index >= 15 is 0 Å². The van der Waals surface area contributed by atoms with Gasteiger partial charge in [0, 0.05) is 16.9 Å². The van der Waals surface area contributed by atoms with Gasteiger partial charge in [-0.15, -0.1) is 0 Å². The van der Waals surface area contributed by atoms with E-state index < -0.39 is 5.97 Å². The molecule has 0 aliphatic heterocycles. The van der Waals surface area contributed by atoms with Gasteiger partial charge in [-0.3, -0.25) is 9.20 Å². The number of aromatic nitrogens is 3. The third kappa shape index (κ3) is 1.82. The molecule has 0 fully saturated rings. The second-order valence-corrected chi connectivity index (χ2v) is 4.55. The molecule has 0 radical (unpaired) electrons. The fraction of sp³-hybridized carbons (Fsp3) is 0.167. The lowest BCUT2D eigenvalue weighted by molar-refractivity contribution is -0.136. The normalized spacial score (nSPS) is 11.4. The fourth-order valence-corrected chi connectivity index (χ4v) is 2.16. The molecule has 92 valence electrons. The van der Waals surface area contributed by atoms with Crippen molar-refractivity contribution >= 4 is 34.4 Å². The average Bonchev–Trinajstić information content (AvgIpc) is 2.82. The number of carboxylic acids is 1. The first kappa shape index (κ1) is 11.1. The van der Waals surface area contributed by atoms with Gasteiger partial charge in [-0.1, -0.05) is 11.6 Å². The minimum absolute atomic E-state index is 0.105. The molecular weight excluding hydrogens is 254 g/mol. The summed E-state index contributed by atoms with van der Waals surface area (Å²) in [6.45, 7) is 0. The van der Waals surface area contributed by atoms with E-state index in [0.29, 0.717) is 17.2 Å². The molecule has 0 bridgehead atoms. The van der Waals surface area contributed by atoms with Crippen LogP contribution >= 0.6 is 11.6 Å². The van der Waals surface area contributed by atoms with Crippen molar-refractivity contribution in [1.82, 2.24) is 14.4 Å². The molecule has 6 heteroatoms. The maximum Gasteiger partial charge on any atom is 0.303 e. The van der Waals surface area contributed by atoms with Crippen LogP contribution in [0.15, 0.2) is 24.4 Å². The summed E-state index contributed by atoms with van der Waals surface area (Å²) in [5.41, 5.74) is 2.63. The van der Waals surface area contributed by atoms with Crippen molar-refractivity contribution < 1.29 is 9.90 Å². The summed E-state index contributed by atoms with van der Waals surface area (Å²) in [6, 6.07) is 5.50. The second kappa shape index (κ2) is 4.03. The molecule has 2 aromatic heterocycles. The number of hydrogen-bond acceptors (Lipinski definition) is 2. The number of benzene rings is 1. The van der Waals surface area contributed by atoms with E-state index in [1.807, 2.05) is 22.7 Å². The Balaban J connectivity index is 2.05. The SMILES string of the molecule is O=C(O)CCc1cn2c(nc3cc(Cl)ccc32)[nH]1. The Morgan fingerprint density at radius 2 is 2.33 bits per heavy atom. The van der Waals surface area contributed by atoms with Crippen LogP contribution < -0.4 is 0 Å². The number of halogens is 1. The number of carbonyl (C=O) groups is 1. The highest BCUT2D eigenvalue weighted by Crippen LogP contribution is 2.21. The summed E-state index contributed by atoms with van der Waals surface area (Å²) < 4.78 is 1.91. The first-order chi connectivity index (χ1) is 8.63. The summed E-state index contributed by atoms with van der Waals surface area (Å²) in [4.78, 5) is 18.0. The van der Waals surface area contributed by atoms with Crippen LogP contribution in [0.5, 0.6) is 0 Å². The number of fused-ring (bicyclic) bond motifs is 3. The third-order valence-corrected chi connectivity index (χ3v) is 3.05.